The average molecular weight is 191 g/mol. The lowest BCUT2D eigenvalue weighted by Crippen LogP contribution is -1.76. The first-order valence-electron chi connectivity index (χ1n) is 4.26. The average Bonchev–Trinajstić information content (AvgIpc) is 2.21. The van der Waals surface area contributed by atoms with E-state index in [4.69, 9.17) is 5.53 Å². The number of benzene rings is 1. The zero-order valence-corrected chi connectivity index (χ0v) is 7.60. The summed E-state index contributed by atoms with van der Waals surface area (Å²) in [4.78, 5) is 2.63. The highest BCUT2D eigenvalue weighted by Crippen LogP contribution is 2.04. The van der Waals surface area contributed by atoms with E-state index in [9.17, 15) is 4.39 Å². The third-order valence-corrected chi connectivity index (χ3v) is 1.64. The van der Waals surface area contributed by atoms with Crippen molar-refractivity contribution in [2.24, 2.45) is 5.11 Å². The van der Waals surface area contributed by atoms with Gasteiger partial charge >= 0.3 is 0 Å². The molecule has 0 spiro atoms. The van der Waals surface area contributed by atoms with Crippen LogP contribution in [0.4, 0.5) is 4.39 Å². The van der Waals surface area contributed by atoms with Gasteiger partial charge in [-0.25, -0.2) is 4.39 Å². The molecule has 72 valence electrons. The van der Waals surface area contributed by atoms with E-state index in [1.54, 1.807) is 12.1 Å². The van der Waals surface area contributed by atoms with E-state index in [2.05, 4.69) is 10.0 Å². The summed E-state index contributed by atoms with van der Waals surface area (Å²) in [5.74, 6) is -0.240. The molecule has 4 heteroatoms. The number of hydrogen-bond acceptors (Lipinski definition) is 1. The Morgan fingerprint density at radius 3 is 2.71 bits per heavy atom. The molecule has 0 aliphatic carbocycles. The topological polar surface area (TPSA) is 48.8 Å². The van der Waals surface area contributed by atoms with Gasteiger partial charge in [0.15, 0.2) is 0 Å². The Labute approximate surface area is 81.5 Å². The van der Waals surface area contributed by atoms with Crippen molar-refractivity contribution in [1.29, 1.82) is 0 Å². The molecule has 3 nitrogen and oxygen atoms in total. The first-order chi connectivity index (χ1) is 6.83. The molecule has 0 fully saturated rings. The van der Waals surface area contributed by atoms with Crippen molar-refractivity contribution in [2.75, 3.05) is 6.54 Å². The summed E-state index contributed by atoms with van der Waals surface area (Å²) < 4.78 is 12.5. The Kier molecular flexibility index (Phi) is 4.24. The fourth-order valence-corrected chi connectivity index (χ4v) is 0.970. The van der Waals surface area contributed by atoms with E-state index in [0.717, 1.165) is 5.56 Å². The van der Waals surface area contributed by atoms with E-state index < -0.39 is 0 Å². The third kappa shape index (κ3) is 3.74. The van der Waals surface area contributed by atoms with Gasteiger partial charge in [-0.15, -0.1) is 0 Å². The maximum Gasteiger partial charge on any atom is 0.123 e. The van der Waals surface area contributed by atoms with E-state index in [1.807, 2.05) is 12.2 Å². The second kappa shape index (κ2) is 5.78. The van der Waals surface area contributed by atoms with Crippen LogP contribution in [0, 0.1) is 5.82 Å². The summed E-state index contributed by atoms with van der Waals surface area (Å²) in [5, 5.41) is 3.39. The van der Waals surface area contributed by atoms with Crippen LogP contribution in [0.15, 0.2) is 35.5 Å². The fourth-order valence-electron chi connectivity index (χ4n) is 0.970. The number of hydrogen-bond donors (Lipinski definition) is 0. The molecule has 1 aromatic rings. The molecule has 14 heavy (non-hydrogen) atoms. The molecule has 0 saturated heterocycles. The molecule has 1 aromatic carbocycles. The monoisotopic (exact) mass is 191 g/mol. The molecule has 0 amide bonds. The molecule has 0 N–H and O–H groups in total. The highest BCUT2D eigenvalue weighted by Gasteiger charge is 1.87. The molecule has 0 aliphatic rings. The maximum absolute atomic E-state index is 12.5. The summed E-state index contributed by atoms with van der Waals surface area (Å²) in [7, 11) is 0. The van der Waals surface area contributed by atoms with Crippen molar-refractivity contribution in [3.05, 3.63) is 52.2 Å². The van der Waals surface area contributed by atoms with E-state index in [1.165, 1.54) is 12.1 Å². The van der Waals surface area contributed by atoms with Gasteiger partial charge in [0, 0.05) is 11.5 Å². The Morgan fingerprint density at radius 2 is 2.07 bits per heavy atom. The smallest absolute Gasteiger partial charge is 0.123 e. The molecular weight excluding hydrogens is 181 g/mol. The van der Waals surface area contributed by atoms with Gasteiger partial charge in [0.05, 0.1) is 0 Å². The number of azide groups is 1. The van der Waals surface area contributed by atoms with E-state index in [-0.39, 0.29) is 5.82 Å². The number of halogens is 1. The summed E-state index contributed by atoms with van der Waals surface area (Å²) >= 11 is 0. The van der Waals surface area contributed by atoms with Gasteiger partial charge in [0.1, 0.15) is 5.82 Å². The van der Waals surface area contributed by atoms with Crippen molar-refractivity contribution < 1.29 is 4.39 Å². The molecule has 0 bridgehead atoms. The normalized spacial score (nSPS) is 10.1. The van der Waals surface area contributed by atoms with Gasteiger partial charge in [-0.1, -0.05) is 29.4 Å². The van der Waals surface area contributed by atoms with E-state index in [0.29, 0.717) is 13.0 Å². The van der Waals surface area contributed by atoms with Crippen LogP contribution in [0.2, 0.25) is 0 Å². The van der Waals surface area contributed by atoms with Gasteiger partial charge in [-0.05, 0) is 29.6 Å². The summed E-state index contributed by atoms with van der Waals surface area (Å²) in [6.07, 6.45) is 4.45. The zero-order valence-electron chi connectivity index (χ0n) is 7.60. The van der Waals surface area contributed by atoms with E-state index >= 15 is 0 Å². The quantitative estimate of drug-likeness (QED) is 0.302. The van der Waals surface area contributed by atoms with Crippen LogP contribution >= 0.6 is 0 Å². The van der Waals surface area contributed by atoms with Crippen LogP contribution in [0.3, 0.4) is 0 Å². The van der Waals surface area contributed by atoms with Gasteiger partial charge in [0.25, 0.3) is 0 Å². The van der Waals surface area contributed by atoms with Crippen molar-refractivity contribution >= 4 is 6.08 Å². The molecule has 0 aliphatic heterocycles. The Hall–Kier alpha value is -1.80. The summed E-state index contributed by atoms with van der Waals surface area (Å²) in [6, 6.07) is 6.21. The minimum Gasteiger partial charge on any atom is -0.207 e. The zero-order chi connectivity index (χ0) is 10.2. The number of rotatable bonds is 4. The second-order valence-electron chi connectivity index (χ2n) is 2.70. The van der Waals surface area contributed by atoms with Crippen LogP contribution in [0.1, 0.15) is 12.0 Å². The van der Waals surface area contributed by atoms with Crippen molar-refractivity contribution in [3.63, 3.8) is 0 Å². The first kappa shape index (κ1) is 10.3. The SMILES string of the molecule is [N-]=[N+]=NCCC=Cc1ccc(F)cc1. The van der Waals surface area contributed by atoms with Crippen molar-refractivity contribution in [2.45, 2.75) is 6.42 Å². The van der Waals surface area contributed by atoms with Gasteiger partial charge < -0.3 is 0 Å². The highest BCUT2D eigenvalue weighted by atomic mass is 19.1. The molecular formula is C10H10FN3. The fraction of sp³-hybridized carbons (Fsp3) is 0.200. The van der Waals surface area contributed by atoms with Crippen LogP contribution in [-0.2, 0) is 0 Å². The van der Waals surface area contributed by atoms with Gasteiger partial charge in [0.2, 0.25) is 0 Å². The second-order valence-corrected chi connectivity index (χ2v) is 2.70. The lowest BCUT2D eigenvalue weighted by Gasteiger charge is -1.91. The van der Waals surface area contributed by atoms with Crippen LogP contribution < -0.4 is 0 Å². The molecule has 0 atom stereocenters. The maximum atomic E-state index is 12.5. The molecule has 0 saturated carbocycles. The van der Waals surface area contributed by atoms with Crippen LogP contribution in [0.25, 0.3) is 16.5 Å². The first-order valence-corrected chi connectivity index (χ1v) is 4.26. The summed E-state index contributed by atoms with van der Waals surface area (Å²) in [6.45, 7) is 0.453. The van der Waals surface area contributed by atoms with Crippen molar-refractivity contribution in [3.8, 4) is 0 Å². The lowest BCUT2D eigenvalue weighted by atomic mass is 10.2. The Balaban J connectivity index is 2.43. The Bertz CT molecular complexity index is 350. The predicted octanol–water partition coefficient (Wildman–Crippen LogP) is 3.54. The molecule has 0 unspecified atom stereocenters. The highest BCUT2D eigenvalue weighted by molar-refractivity contribution is 5.48. The van der Waals surface area contributed by atoms with Gasteiger partial charge in [-0.3, -0.25) is 0 Å². The summed E-state index contributed by atoms with van der Waals surface area (Å²) in [5.41, 5.74) is 8.94. The number of nitrogens with zero attached hydrogens (tertiary/aromatic N) is 3. The van der Waals surface area contributed by atoms with Crippen LogP contribution in [-0.4, -0.2) is 6.54 Å². The van der Waals surface area contributed by atoms with Gasteiger partial charge in [-0.2, -0.15) is 0 Å². The predicted molar refractivity (Wildman–Crippen MR) is 54.1 cm³/mol. The van der Waals surface area contributed by atoms with Crippen LogP contribution in [0.5, 0.6) is 0 Å². The molecule has 0 heterocycles. The molecule has 0 aromatic heterocycles. The Morgan fingerprint density at radius 1 is 1.36 bits per heavy atom. The lowest BCUT2D eigenvalue weighted by molar-refractivity contribution is 0.628. The molecule has 1 rings (SSSR count). The third-order valence-electron chi connectivity index (χ3n) is 1.64. The minimum absolute atomic E-state index is 0.240. The largest absolute Gasteiger partial charge is 0.207 e. The standard InChI is InChI=1S/C10H10FN3/c11-10-6-4-9(5-7-10)3-1-2-8-13-14-12/h1,3-7H,2,8H2. The van der Waals surface area contributed by atoms with Crippen molar-refractivity contribution in [1.82, 2.24) is 0 Å². The molecule has 0 radical (unpaired) electrons. The minimum atomic E-state index is -0.240.